The maximum Gasteiger partial charge on any atom is 0.334 e. The Balaban J connectivity index is 1.85. The number of halogens is 3. The number of pyridine rings is 1. The second-order valence-electron chi connectivity index (χ2n) is 7.39. The van der Waals surface area contributed by atoms with E-state index in [0.29, 0.717) is 5.52 Å². The lowest BCUT2D eigenvalue weighted by molar-refractivity contribution is 0.191. The standard InChI is InChI=1S/C23H20ClF2N3O6/c1-28-15-4-6-20(31)27-22(15)29(23(28)32)16-10-19(18(9-13(16)24)34-8-7-30)35-11-12-17(33-2)5-3-14(25)21(12)26/h3-6,9-10,30H,7-8,11H2,1-2H3,(H,27,31). The second-order valence-corrected chi connectivity index (χ2v) is 7.79. The molecule has 0 radical (unpaired) electrons. The molecule has 35 heavy (non-hydrogen) atoms. The van der Waals surface area contributed by atoms with Crippen LogP contribution in [-0.2, 0) is 13.7 Å². The Morgan fingerprint density at radius 1 is 1.06 bits per heavy atom. The van der Waals surface area contributed by atoms with Gasteiger partial charge in [-0.05, 0) is 18.2 Å². The van der Waals surface area contributed by atoms with Crippen molar-refractivity contribution in [3.63, 3.8) is 0 Å². The zero-order chi connectivity index (χ0) is 25.3. The van der Waals surface area contributed by atoms with Crippen LogP contribution in [0.15, 0.2) is 46.0 Å². The van der Waals surface area contributed by atoms with Gasteiger partial charge < -0.3 is 24.3 Å². The van der Waals surface area contributed by atoms with Crippen molar-refractivity contribution in [3.8, 4) is 22.9 Å². The number of hydrogen-bond acceptors (Lipinski definition) is 6. The molecule has 2 heterocycles. The van der Waals surface area contributed by atoms with Gasteiger partial charge in [0.2, 0.25) is 5.56 Å². The first-order valence-corrected chi connectivity index (χ1v) is 10.7. The highest BCUT2D eigenvalue weighted by Crippen LogP contribution is 2.37. The van der Waals surface area contributed by atoms with E-state index >= 15 is 0 Å². The SMILES string of the molecule is COc1ccc(F)c(F)c1COc1cc(-n2c(=O)n(C)c3ccc(=O)[nH]c32)c(Cl)cc1OCCO. The van der Waals surface area contributed by atoms with Gasteiger partial charge in [-0.1, -0.05) is 11.6 Å². The minimum Gasteiger partial charge on any atom is -0.496 e. The molecule has 2 aromatic heterocycles. The lowest BCUT2D eigenvalue weighted by Gasteiger charge is -2.17. The highest BCUT2D eigenvalue weighted by molar-refractivity contribution is 6.32. The number of ether oxygens (including phenoxy) is 3. The zero-order valence-corrected chi connectivity index (χ0v) is 19.4. The summed E-state index contributed by atoms with van der Waals surface area (Å²) in [5.41, 5.74) is -0.330. The van der Waals surface area contributed by atoms with Crippen LogP contribution in [-0.4, -0.2) is 39.5 Å². The third kappa shape index (κ3) is 4.47. The van der Waals surface area contributed by atoms with E-state index in [1.54, 1.807) is 0 Å². The minimum absolute atomic E-state index is 0.0192. The molecule has 0 spiro atoms. The van der Waals surface area contributed by atoms with Gasteiger partial charge in [-0.2, -0.15) is 0 Å². The summed E-state index contributed by atoms with van der Waals surface area (Å²) in [5.74, 6) is -2.04. The monoisotopic (exact) mass is 507 g/mol. The molecule has 2 aromatic carbocycles. The Bertz CT molecular complexity index is 1530. The first-order chi connectivity index (χ1) is 16.8. The van der Waals surface area contributed by atoms with Crippen LogP contribution >= 0.6 is 11.6 Å². The number of fused-ring (bicyclic) bond motifs is 1. The average Bonchev–Trinajstić information content (AvgIpc) is 3.08. The predicted octanol–water partition coefficient (Wildman–Crippen LogP) is 2.91. The van der Waals surface area contributed by atoms with Crippen LogP contribution in [0.25, 0.3) is 16.9 Å². The molecule has 0 saturated heterocycles. The maximum atomic E-state index is 14.4. The largest absolute Gasteiger partial charge is 0.496 e. The molecule has 2 N–H and O–H groups in total. The minimum atomic E-state index is -1.14. The fourth-order valence-electron chi connectivity index (χ4n) is 3.60. The summed E-state index contributed by atoms with van der Waals surface area (Å²) in [6.07, 6.45) is 0. The first kappa shape index (κ1) is 24.3. The van der Waals surface area contributed by atoms with Crippen LogP contribution < -0.4 is 25.5 Å². The number of aliphatic hydroxyl groups excluding tert-OH is 1. The van der Waals surface area contributed by atoms with Crippen LogP contribution in [0.4, 0.5) is 8.78 Å². The Morgan fingerprint density at radius 3 is 2.51 bits per heavy atom. The molecule has 0 aliphatic heterocycles. The summed E-state index contributed by atoms with van der Waals surface area (Å²) >= 11 is 6.46. The number of nitrogens with one attached hydrogen (secondary N) is 1. The molecule has 0 fully saturated rings. The summed E-state index contributed by atoms with van der Waals surface area (Å²) in [4.78, 5) is 27.5. The number of H-pyrrole nitrogens is 1. The van der Waals surface area contributed by atoms with Crippen LogP contribution in [0.2, 0.25) is 5.02 Å². The molecule has 0 aliphatic carbocycles. The number of benzene rings is 2. The maximum absolute atomic E-state index is 14.4. The van der Waals surface area contributed by atoms with E-state index in [-0.39, 0.29) is 52.4 Å². The lowest BCUT2D eigenvalue weighted by Crippen LogP contribution is -2.21. The molecule has 0 amide bonds. The zero-order valence-electron chi connectivity index (χ0n) is 18.6. The normalized spacial score (nSPS) is 11.1. The van der Waals surface area contributed by atoms with Crippen molar-refractivity contribution in [2.24, 2.45) is 7.05 Å². The summed E-state index contributed by atoms with van der Waals surface area (Å²) < 4.78 is 47.1. The topological polar surface area (TPSA) is 108 Å². The van der Waals surface area contributed by atoms with Crippen LogP contribution in [0.3, 0.4) is 0 Å². The molecular formula is C23H20ClF2N3O6. The number of aliphatic hydroxyl groups is 1. The smallest absolute Gasteiger partial charge is 0.334 e. The van der Waals surface area contributed by atoms with Crippen molar-refractivity contribution in [2.75, 3.05) is 20.3 Å². The second kappa shape index (κ2) is 9.80. The summed E-state index contributed by atoms with van der Waals surface area (Å²) in [6, 6.07) is 7.70. The highest BCUT2D eigenvalue weighted by Gasteiger charge is 2.21. The predicted molar refractivity (Wildman–Crippen MR) is 124 cm³/mol. The van der Waals surface area contributed by atoms with E-state index in [1.807, 2.05) is 0 Å². The molecular weight excluding hydrogens is 488 g/mol. The van der Waals surface area contributed by atoms with E-state index in [4.69, 9.17) is 30.9 Å². The summed E-state index contributed by atoms with van der Waals surface area (Å²) in [7, 11) is 2.84. The molecule has 4 rings (SSSR count). The Labute approximate surface area is 201 Å². The number of hydrogen-bond donors (Lipinski definition) is 2. The van der Waals surface area contributed by atoms with Crippen molar-refractivity contribution in [3.05, 3.63) is 79.5 Å². The molecule has 0 aliphatic rings. The number of aryl methyl sites for hydroxylation is 1. The average molecular weight is 508 g/mol. The fourth-order valence-corrected chi connectivity index (χ4v) is 3.83. The number of rotatable bonds is 8. The van der Waals surface area contributed by atoms with Gasteiger partial charge in [0.1, 0.15) is 24.6 Å². The van der Waals surface area contributed by atoms with Crippen molar-refractivity contribution >= 4 is 22.8 Å². The number of aromatic nitrogens is 3. The van der Waals surface area contributed by atoms with Crippen molar-refractivity contribution in [1.29, 1.82) is 0 Å². The molecule has 12 heteroatoms. The number of aromatic amines is 1. The summed E-state index contributed by atoms with van der Waals surface area (Å²) in [6.45, 7) is -0.870. The Kier molecular flexibility index (Phi) is 6.81. The van der Waals surface area contributed by atoms with Gasteiger partial charge in [-0.3, -0.25) is 9.36 Å². The Hall–Kier alpha value is -3.83. The molecule has 0 saturated carbocycles. The fraction of sp³-hybridized carbons (Fsp3) is 0.217. The van der Waals surface area contributed by atoms with Crippen molar-refractivity contribution in [1.82, 2.24) is 14.1 Å². The van der Waals surface area contributed by atoms with Gasteiger partial charge in [0.05, 0.1) is 35.5 Å². The third-order valence-electron chi connectivity index (χ3n) is 5.29. The Morgan fingerprint density at radius 2 is 1.80 bits per heavy atom. The van der Waals surface area contributed by atoms with Crippen molar-refractivity contribution < 1.29 is 28.1 Å². The quantitative estimate of drug-likeness (QED) is 0.380. The van der Waals surface area contributed by atoms with Gasteiger partial charge in [-0.25, -0.2) is 18.1 Å². The lowest BCUT2D eigenvalue weighted by atomic mass is 10.2. The molecule has 184 valence electrons. The van der Waals surface area contributed by atoms with Crippen LogP contribution in [0.1, 0.15) is 5.56 Å². The number of nitrogens with zero attached hydrogens (tertiary/aromatic N) is 2. The van der Waals surface area contributed by atoms with Crippen LogP contribution in [0.5, 0.6) is 17.2 Å². The van der Waals surface area contributed by atoms with Crippen molar-refractivity contribution in [2.45, 2.75) is 6.61 Å². The molecule has 9 nitrogen and oxygen atoms in total. The highest BCUT2D eigenvalue weighted by atomic mass is 35.5. The van der Waals surface area contributed by atoms with E-state index in [2.05, 4.69) is 4.98 Å². The van der Waals surface area contributed by atoms with E-state index in [0.717, 1.165) is 6.07 Å². The van der Waals surface area contributed by atoms with Gasteiger partial charge >= 0.3 is 5.69 Å². The summed E-state index contributed by atoms with van der Waals surface area (Å²) in [5, 5.41) is 9.23. The van der Waals surface area contributed by atoms with Gasteiger partial charge in [0.25, 0.3) is 0 Å². The van der Waals surface area contributed by atoms with E-state index in [1.165, 1.54) is 53.6 Å². The molecule has 0 atom stereocenters. The van der Waals surface area contributed by atoms with E-state index in [9.17, 15) is 18.4 Å². The molecule has 0 bridgehead atoms. The van der Waals surface area contributed by atoms with Crippen LogP contribution in [0, 0.1) is 11.6 Å². The first-order valence-electron chi connectivity index (χ1n) is 10.3. The molecule has 0 unspecified atom stereocenters. The van der Waals surface area contributed by atoms with Gasteiger partial charge in [-0.15, -0.1) is 0 Å². The van der Waals surface area contributed by atoms with E-state index < -0.39 is 29.5 Å². The van der Waals surface area contributed by atoms with Gasteiger partial charge in [0.15, 0.2) is 23.1 Å². The van der Waals surface area contributed by atoms with Gasteiger partial charge in [0, 0.05) is 25.2 Å². The number of methoxy groups -OCH3 is 1. The third-order valence-corrected chi connectivity index (χ3v) is 5.59. The number of imidazole rings is 1. The molecule has 4 aromatic rings.